The number of carbonyl (C=O) groups is 2. The molecule has 3 aromatic rings. The number of nitrogens with zero attached hydrogens (tertiary/aromatic N) is 2. The molecular formula is C18H14ClFN4O3S. The number of benzene rings is 2. The van der Waals surface area contributed by atoms with Gasteiger partial charge in [0.15, 0.2) is 5.16 Å². The van der Waals surface area contributed by atoms with Crippen molar-refractivity contribution in [2.45, 2.75) is 5.16 Å². The number of halogens is 2. The Kier molecular flexibility index (Phi) is 5.96. The summed E-state index contributed by atoms with van der Waals surface area (Å²) in [5, 5.41) is 4.83. The average Bonchev–Trinajstić information content (AvgIpc) is 2.68. The number of fused-ring (bicyclic) bond motifs is 1. The Balaban J connectivity index is 2.07. The van der Waals surface area contributed by atoms with Crippen LogP contribution < -0.4 is 16.2 Å². The molecule has 0 atom stereocenters. The molecule has 0 bridgehead atoms. The fraction of sp³-hybridized carbons (Fsp3) is 0.111. The molecule has 0 aliphatic rings. The third-order valence-electron chi connectivity index (χ3n) is 3.72. The van der Waals surface area contributed by atoms with Crippen LogP contribution in [0.5, 0.6) is 0 Å². The number of para-hydroxylation sites is 1. The third kappa shape index (κ3) is 4.15. The van der Waals surface area contributed by atoms with Crippen LogP contribution in [0.4, 0.5) is 9.18 Å². The number of imide groups is 1. The molecule has 144 valence electrons. The van der Waals surface area contributed by atoms with Crippen LogP contribution in [0.2, 0.25) is 5.02 Å². The van der Waals surface area contributed by atoms with Crippen LogP contribution in [0, 0.1) is 5.82 Å². The molecule has 0 aliphatic heterocycles. The van der Waals surface area contributed by atoms with Gasteiger partial charge in [-0.2, -0.15) is 0 Å². The maximum Gasteiger partial charge on any atom is 0.321 e. The number of nitrogens with one attached hydrogen (secondary N) is 2. The number of carbonyl (C=O) groups excluding carboxylic acids is 2. The molecule has 0 radical (unpaired) electrons. The van der Waals surface area contributed by atoms with Crippen LogP contribution >= 0.6 is 23.4 Å². The number of amides is 3. The van der Waals surface area contributed by atoms with Crippen molar-refractivity contribution >= 4 is 46.2 Å². The molecule has 0 aliphatic carbocycles. The first-order valence-corrected chi connectivity index (χ1v) is 9.38. The molecule has 28 heavy (non-hydrogen) atoms. The second kappa shape index (κ2) is 8.41. The summed E-state index contributed by atoms with van der Waals surface area (Å²) in [6.07, 6.45) is 0. The molecule has 3 amide bonds. The number of aromatic nitrogens is 2. The molecule has 2 N–H and O–H groups in total. The van der Waals surface area contributed by atoms with Crippen molar-refractivity contribution in [1.29, 1.82) is 0 Å². The van der Waals surface area contributed by atoms with Gasteiger partial charge in [-0.15, -0.1) is 0 Å². The maximum atomic E-state index is 13.5. The molecule has 3 rings (SSSR count). The highest BCUT2D eigenvalue weighted by Gasteiger charge is 2.16. The van der Waals surface area contributed by atoms with Gasteiger partial charge in [-0.25, -0.2) is 14.2 Å². The molecule has 1 aromatic heterocycles. The van der Waals surface area contributed by atoms with E-state index < -0.39 is 17.8 Å². The number of rotatable bonds is 4. The topological polar surface area (TPSA) is 93.1 Å². The van der Waals surface area contributed by atoms with E-state index in [4.69, 9.17) is 11.6 Å². The minimum atomic E-state index is -0.639. The van der Waals surface area contributed by atoms with Crippen LogP contribution in [-0.2, 0) is 4.79 Å². The fourth-order valence-corrected chi connectivity index (χ4v) is 3.40. The van der Waals surface area contributed by atoms with E-state index in [-0.39, 0.29) is 21.5 Å². The summed E-state index contributed by atoms with van der Waals surface area (Å²) in [6, 6.07) is 9.95. The molecular weight excluding hydrogens is 407 g/mol. The summed E-state index contributed by atoms with van der Waals surface area (Å²) in [4.78, 5) is 40.6. The van der Waals surface area contributed by atoms with Crippen molar-refractivity contribution < 1.29 is 14.0 Å². The molecule has 10 heteroatoms. The molecule has 0 fully saturated rings. The van der Waals surface area contributed by atoms with Gasteiger partial charge < -0.3 is 5.32 Å². The van der Waals surface area contributed by atoms with Crippen molar-refractivity contribution in [2.75, 3.05) is 12.8 Å². The minimum absolute atomic E-state index is 0.147. The summed E-state index contributed by atoms with van der Waals surface area (Å²) >= 11 is 6.83. The average molecular weight is 421 g/mol. The van der Waals surface area contributed by atoms with E-state index in [2.05, 4.69) is 15.6 Å². The van der Waals surface area contributed by atoms with Crippen LogP contribution in [0.3, 0.4) is 0 Å². The van der Waals surface area contributed by atoms with Crippen molar-refractivity contribution in [3.05, 3.63) is 63.7 Å². The van der Waals surface area contributed by atoms with E-state index in [9.17, 15) is 18.8 Å². The van der Waals surface area contributed by atoms with Crippen LogP contribution in [0.1, 0.15) is 0 Å². The maximum absolute atomic E-state index is 13.5. The van der Waals surface area contributed by atoms with Crippen LogP contribution in [0.25, 0.3) is 16.6 Å². The second-order valence-corrected chi connectivity index (χ2v) is 6.92. The Morgan fingerprint density at radius 3 is 2.71 bits per heavy atom. The van der Waals surface area contributed by atoms with E-state index >= 15 is 0 Å². The molecule has 2 aromatic carbocycles. The zero-order valence-electron chi connectivity index (χ0n) is 14.5. The largest absolute Gasteiger partial charge is 0.341 e. The van der Waals surface area contributed by atoms with Crippen LogP contribution in [0.15, 0.2) is 52.4 Å². The highest BCUT2D eigenvalue weighted by atomic mass is 35.5. The first-order valence-electron chi connectivity index (χ1n) is 8.02. The Labute approximate surface area is 167 Å². The standard InChI is InChI=1S/C18H14ClFN4O3S/c1-21-17(27)23-15(25)9-28-18-22-14-5-3-2-4-11(14)16(26)24(18)10-6-7-13(20)12(19)8-10/h2-8H,9H2,1H3,(H2,21,23,25,27). The summed E-state index contributed by atoms with van der Waals surface area (Å²) in [5.74, 6) is -1.34. The van der Waals surface area contributed by atoms with E-state index in [1.165, 1.54) is 23.7 Å². The lowest BCUT2D eigenvalue weighted by Crippen LogP contribution is -2.38. The van der Waals surface area contributed by atoms with Crippen molar-refractivity contribution in [3.8, 4) is 5.69 Å². The first kappa shape index (κ1) is 19.8. The van der Waals surface area contributed by atoms with Crippen molar-refractivity contribution in [1.82, 2.24) is 20.2 Å². The van der Waals surface area contributed by atoms with Gasteiger partial charge in [-0.3, -0.25) is 19.5 Å². The zero-order valence-corrected chi connectivity index (χ0v) is 16.1. The van der Waals surface area contributed by atoms with Gasteiger partial charge in [-0.05, 0) is 30.3 Å². The molecule has 1 heterocycles. The van der Waals surface area contributed by atoms with Gasteiger partial charge in [0, 0.05) is 7.05 Å². The van der Waals surface area contributed by atoms with Gasteiger partial charge >= 0.3 is 6.03 Å². The smallest absolute Gasteiger partial charge is 0.321 e. The van der Waals surface area contributed by atoms with Gasteiger partial charge in [0.1, 0.15) is 5.82 Å². The lowest BCUT2D eigenvalue weighted by molar-refractivity contribution is -0.117. The number of hydrogen-bond acceptors (Lipinski definition) is 5. The Morgan fingerprint density at radius 1 is 1.25 bits per heavy atom. The van der Waals surface area contributed by atoms with E-state index in [1.54, 1.807) is 24.3 Å². The second-order valence-electron chi connectivity index (χ2n) is 5.57. The first-order chi connectivity index (χ1) is 13.4. The summed E-state index contributed by atoms with van der Waals surface area (Å²) in [6.45, 7) is 0. The SMILES string of the molecule is CNC(=O)NC(=O)CSc1nc2ccccc2c(=O)n1-c1ccc(F)c(Cl)c1. The fourth-order valence-electron chi connectivity index (χ4n) is 2.42. The molecule has 0 saturated carbocycles. The van der Waals surface area contributed by atoms with Gasteiger partial charge in [-0.1, -0.05) is 35.5 Å². The van der Waals surface area contributed by atoms with Crippen molar-refractivity contribution in [3.63, 3.8) is 0 Å². The van der Waals surface area contributed by atoms with E-state index in [0.29, 0.717) is 16.6 Å². The zero-order chi connectivity index (χ0) is 20.3. The molecule has 7 nitrogen and oxygen atoms in total. The highest BCUT2D eigenvalue weighted by molar-refractivity contribution is 7.99. The predicted octanol–water partition coefficient (Wildman–Crippen LogP) is 2.73. The van der Waals surface area contributed by atoms with E-state index in [1.807, 2.05) is 0 Å². The highest BCUT2D eigenvalue weighted by Crippen LogP contribution is 2.24. The summed E-state index contributed by atoms with van der Waals surface area (Å²) in [7, 11) is 1.39. The number of hydrogen-bond donors (Lipinski definition) is 2. The van der Waals surface area contributed by atoms with Gasteiger partial charge in [0.25, 0.3) is 5.56 Å². The lowest BCUT2D eigenvalue weighted by atomic mass is 10.2. The summed E-state index contributed by atoms with van der Waals surface area (Å²) < 4.78 is 14.8. The molecule has 0 unspecified atom stereocenters. The third-order valence-corrected chi connectivity index (χ3v) is 4.95. The normalized spacial score (nSPS) is 10.7. The lowest BCUT2D eigenvalue weighted by Gasteiger charge is -2.13. The van der Waals surface area contributed by atoms with E-state index in [0.717, 1.165) is 17.8 Å². The van der Waals surface area contributed by atoms with Crippen molar-refractivity contribution in [2.24, 2.45) is 0 Å². The Bertz CT molecular complexity index is 1140. The van der Waals surface area contributed by atoms with Gasteiger partial charge in [0.2, 0.25) is 5.91 Å². The summed E-state index contributed by atoms with van der Waals surface area (Å²) in [5.41, 5.74) is 0.373. The number of thioether (sulfide) groups is 1. The Morgan fingerprint density at radius 2 is 2.00 bits per heavy atom. The van der Waals surface area contributed by atoms with Gasteiger partial charge in [0.05, 0.1) is 27.4 Å². The minimum Gasteiger partial charge on any atom is -0.341 e. The predicted molar refractivity (Wildman–Crippen MR) is 106 cm³/mol. The quantitative estimate of drug-likeness (QED) is 0.500. The Hall–Kier alpha value is -2.91. The van der Waals surface area contributed by atoms with Crippen LogP contribution in [-0.4, -0.2) is 34.3 Å². The monoisotopic (exact) mass is 420 g/mol. The molecule has 0 spiro atoms. The molecule has 0 saturated heterocycles. The number of urea groups is 1.